The number of pyridine rings is 1. The van der Waals surface area contributed by atoms with Crippen LogP contribution in [0, 0.1) is 13.8 Å². The number of aromatic nitrogens is 2. The van der Waals surface area contributed by atoms with Gasteiger partial charge in [0.25, 0.3) is 5.91 Å². The number of carbonyl (C=O) groups is 1. The van der Waals surface area contributed by atoms with Crippen LogP contribution in [-0.4, -0.2) is 27.2 Å². The number of hydrogen-bond donors (Lipinski definition) is 2. The Morgan fingerprint density at radius 1 is 0.953 bits per heavy atom. The van der Waals surface area contributed by atoms with E-state index in [1.54, 1.807) is 6.20 Å². The summed E-state index contributed by atoms with van der Waals surface area (Å²) in [6.07, 6.45) is 1.80. The van der Waals surface area contributed by atoms with E-state index in [4.69, 9.17) is 28.6 Å². The fourth-order valence-corrected chi connectivity index (χ4v) is 6.06. The molecule has 1 amide bonds. The van der Waals surface area contributed by atoms with Crippen LogP contribution in [0.25, 0.3) is 5.69 Å². The van der Waals surface area contributed by atoms with Crippen LogP contribution >= 0.6 is 23.8 Å². The van der Waals surface area contributed by atoms with E-state index in [1.165, 1.54) is 0 Å². The van der Waals surface area contributed by atoms with Crippen molar-refractivity contribution in [3.63, 3.8) is 0 Å². The van der Waals surface area contributed by atoms with E-state index in [1.807, 2.05) is 97.1 Å². The SMILES string of the molecule is Cc1cc([C@@H]2[C@@H](c3ccccn3)NC(=S)N2c2ccc(NC(=O)COc3ccccc3)cc2)c(C)n1-c1ccc(Cl)cc1. The van der Waals surface area contributed by atoms with Crippen LogP contribution in [0.2, 0.25) is 5.02 Å². The van der Waals surface area contributed by atoms with E-state index in [-0.39, 0.29) is 24.6 Å². The molecule has 7 nitrogen and oxygen atoms in total. The molecule has 2 N–H and O–H groups in total. The van der Waals surface area contributed by atoms with Gasteiger partial charge in [0.1, 0.15) is 5.75 Å². The maximum Gasteiger partial charge on any atom is 0.262 e. The highest BCUT2D eigenvalue weighted by molar-refractivity contribution is 7.80. The minimum absolute atomic E-state index is 0.0804. The lowest BCUT2D eigenvalue weighted by atomic mass is 9.96. The van der Waals surface area contributed by atoms with E-state index in [2.05, 4.69) is 45.0 Å². The molecular weight excluding hydrogens is 578 g/mol. The van der Waals surface area contributed by atoms with E-state index in [0.29, 0.717) is 21.6 Å². The molecule has 0 bridgehead atoms. The normalized spacial score (nSPS) is 16.2. The number of nitrogens with zero attached hydrogens (tertiary/aromatic N) is 3. The molecule has 9 heteroatoms. The van der Waals surface area contributed by atoms with Gasteiger partial charge in [-0.3, -0.25) is 9.78 Å². The number of benzene rings is 3. The number of para-hydroxylation sites is 1. The Morgan fingerprint density at radius 2 is 1.65 bits per heavy atom. The molecule has 2 atom stereocenters. The molecule has 1 aliphatic heterocycles. The molecule has 0 unspecified atom stereocenters. The average molecular weight is 608 g/mol. The highest BCUT2D eigenvalue weighted by atomic mass is 35.5. The monoisotopic (exact) mass is 607 g/mol. The van der Waals surface area contributed by atoms with Crippen molar-refractivity contribution in [3.8, 4) is 11.4 Å². The van der Waals surface area contributed by atoms with Crippen molar-refractivity contribution in [2.24, 2.45) is 0 Å². The Hall–Kier alpha value is -4.66. The van der Waals surface area contributed by atoms with Gasteiger partial charge in [-0.15, -0.1) is 0 Å². The highest BCUT2D eigenvalue weighted by Gasteiger charge is 2.42. The Bertz CT molecular complexity index is 1740. The zero-order valence-electron chi connectivity index (χ0n) is 23.7. The fraction of sp³-hybridized carbons (Fsp3) is 0.147. The van der Waals surface area contributed by atoms with Gasteiger partial charge in [-0.2, -0.15) is 0 Å². The molecule has 1 saturated heterocycles. The van der Waals surface area contributed by atoms with E-state index in [9.17, 15) is 4.79 Å². The van der Waals surface area contributed by atoms with Crippen LogP contribution in [0.15, 0.2) is 109 Å². The van der Waals surface area contributed by atoms with Gasteiger partial charge in [0.15, 0.2) is 11.7 Å². The third kappa shape index (κ3) is 5.98. The zero-order valence-corrected chi connectivity index (χ0v) is 25.3. The molecule has 0 aliphatic carbocycles. The number of halogens is 1. The number of amides is 1. The average Bonchev–Trinajstić information content (AvgIpc) is 3.52. The van der Waals surface area contributed by atoms with Crippen molar-refractivity contribution in [2.75, 3.05) is 16.8 Å². The Morgan fingerprint density at radius 3 is 2.35 bits per heavy atom. The van der Waals surface area contributed by atoms with Gasteiger partial charge in [0.05, 0.1) is 17.8 Å². The van der Waals surface area contributed by atoms with Crippen molar-refractivity contribution in [1.82, 2.24) is 14.9 Å². The predicted octanol–water partition coefficient (Wildman–Crippen LogP) is 7.34. The summed E-state index contributed by atoms with van der Waals surface area (Å²) in [5.74, 6) is 0.407. The number of carbonyl (C=O) groups excluding carboxylic acids is 1. The molecule has 6 rings (SSSR count). The number of aryl methyl sites for hydroxylation is 1. The summed E-state index contributed by atoms with van der Waals surface area (Å²) in [6, 6.07) is 32.6. The van der Waals surface area contributed by atoms with Gasteiger partial charge in [-0.25, -0.2) is 0 Å². The van der Waals surface area contributed by atoms with Crippen LogP contribution in [-0.2, 0) is 4.79 Å². The van der Waals surface area contributed by atoms with Gasteiger partial charge in [0, 0.05) is 39.7 Å². The molecule has 2 aromatic heterocycles. The third-order valence-electron chi connectivity index (χ3n) is 7.51. The summed E-state index contributed by atoms with van der Waals surface area (Å²) in [5, 5.41) is 7.74. The minimum atomic E-state index is -0.238. The molecule has 216 valence electrons. The summed E-state index contributed by atoms with van der Waals surface area (Å²) < 4.78 is 7.81. The molecule has 0 saturated carbocycles. The lowest BCUT2D eigenvalue weighted by Gasteiger charge is -2.28. The number of hydrogen-bond acceptors (Lipinski definition) is 4. The molecular formula is C34H30ClN5O2S. The lowest BCUT2D eigenvalue weighted by Crippen LogP contribution is -2.29. The quantitative estimate of drug-likeness (QED) is 0.180. The number of ether oxygens (including phenoxy) is 1. The van der Waals surface area contributed by atoms with Crippen molar-refractivity contribution >= 4 is 46.2 Å². The van der Waals surface area contributed by atoms with Gasteiger partial charge in [-0.05, 0) is 110 Å². The second-order valence-corrected chi connectivity index (χ2v) is 11.2. The first kappa shape index (κ1) is 28.5. The van der Waals surface area contributed by atoms with Crippen molar-refractivity contribution in [1.29, 1.82) is 0 Å². The standard InChI is InChI=1S/C34H30ClN5O2S/c1-22-20-29(23(2)39(22)26-15-11-24(35)12-16-26)33-32(30-10-6-7-19-36-30)38-34(43)40(33)27-17-13-25(14-18-27)37-31(41)21-42-28-8-4-3-5-9-28/h3-20,32-33H,21H2,1-2H3,(H,37,41)(H,38,43)/t32-,33-/m1/s1. The molecule has 1 fully saturated rings. The van der Waals surface area contributed by atoms with E-state index < -0.39 is 0 Å². The van der Waals surface area contributed by atoms with Gasteiger partial charge < -0.3 is 24.8 Å². The highest BCUT2D eigenvalue weighted by Crippen LogP contribution is 2.44. The molecule has 5 aromatic rings. The summed E-state index contributed by atoms with van der Waals surface area (Å²) in [5.41, 5.74) is 6.84. The van der Waals surface area contributed by atoms with Crippen LogP contribution < -0.4 is 20.3 Å². The smallest absolute Gasteiger partial charge is 0.262 e. The van der Waals surface area contributed by atoms with Crippen LogP contribution in [0.3, 0.4) is 0 Å². The maximum absolute atomic E-state index is 12.5. The molecule has 43 heavy (non-hydrogen) atoms. The number of nitrogens with one attached hydrogen (secondary N) is 2. The first-order chi connectivity index (χ1) is 20.9. The summed E-state index contributed by atoms with van der Waals surface area (Å²) in [4.78, 5) is 19.3. The summed E-state index contributed by atoms with van der Waals surface area (Å²) in [6.45, 7) is 4.15. The topological polar surface area (TPSA) is 71.4 Å². The van der Waals surface area contributed by atoms with Crippen LogP contribution in [0.5, 0.6) is 5.75 Å². The summed E-state index contributed by atoms with van der Waals surface area (Å²) in [7, 11) is 0. The van der Waals surface area contributed by atoms with Crippen molar-refractivity contribution in [2.45, 2.75) is 25.9 Å². The maximum atomic E-state index is 12.5. The second-order valence-electron chi connectivity index (χ2n) is 10.3. The molecule has 3 heterocycles. The van der Waals surface area contributed by atoms with E-state index >= 15 is 0 Å². The molecule has 0 radical (unpaired) electrons. The summed E-state index contributed by atoms with van der Waals surface area (Å²) >= 11 is 12.1. The van der Waals surface area contributed by atoms with Crippen molar-refractivity contribution in [3.05, 3.63) is 137 Å². The molecule has 0 spiro atoms. The first-order valence-corrected chi connectivity index (χ1v) is 14.7. The van der Waals surface area contributed by atoms with Gasteiger partial charge in [-0.1, -0.05) is 35.9 Å². The Labute approximate surface area is 261 Å². The Balaban J connectivity index is 1.30. The molecule has 1 aliphatic rings. The van der Waals surface area contributed by atoms with Crippen LogP contribution in [0.1, 0.15) is 34.7 Å². The Kier molecular flexibility index (Phi) is 8.13. The van der Waals surface area contributed by atoms with Crippen molar-refractivity contribution < 1.29 is 9.53 Å². The number of anilines is 2. The first-order valence-electron chi connectivity index (χ1n) is 13.9. The van der Waals surface area contributed by atoms with Crippen LogP contribution in [0.4, 0.5) is 11.4 Å². The fourth-order valence-electron chi connectivity index (χ4n) is 5.59. The predicted molar refractivity (Wildman–Crippen MR) is 175 cm³/mol. The third-order valence-corrected chi connectivity index (χ3v) is 8.08. The largest absolute Gasteiger partial charge is 0.484 e. The molecule has 3 aromatic carbocycles. The number of rotatable bonds is 8. The zero-order chi connectivity index (χ0) is 29.9. The van der Waals surface area contributed by atoms with Gasteiger partial charge in [0.2, 0.25) is 0 Å². The minimum Gasteiger partial charge on any atom is -0.484 e. The number of thiocarbonyl (C=S) groups is 1. The van der Waals surface area contributed by atoms with E-state index in [0.717, 1.165) is 34.0 Å². The second kappa shape index (κ2) is 12.3. The lowest BCUT2D eigenvalue weighted by molar-refractivity contribution is -0.118. The van der Waals surface area contributed by atoms with Gasteiger partial charge >= 0.3 is 0 Å².